The summed E-state index contributed by atoms with van der Waals surface area (Å²) in [7, 11) is 1.38. The van der Waals surface area contributed by atoms with E-state index in [1.807, 2.05) is 23.1 Å². The van der Waals surface area contributed by atoms with E-state index in [9.17, 15) is 9.59 Å². The summed E-state index contributed by atoms with van der Waals surface area (Å²) < 4.78 is 4.72. The summed E-state index contributed by atoms with van der Waals surface area (Å²) in [6.45, 7) is 0.766. The van der Waals surface area contributed by atoms with Crippen molar-refractivity contribution in [2.75, 3.05) is 20.2 Å². The number of ether oxygens (including phenoxy) is 1. The first-order valence-corrected chi connectivity index (χ1v) is 8.57. The highest BCUT2D eigenvalue weighted by Gasteiger charge is 2.39. The molecular formula is C19H24N2O3. The van der Waals surface area contributed by atoms with E-state index < -0.39 is 0 Å². The lowest BCUT2D eigenvalue weighted by molar-refractivity contribution is -0.140. The molecule has 0 radical (unpaired) electrons. The van der Waals surface area contributed by atoms with E-state index in [0.29, 0.717) is 6.54 Å². The predicted octanol–water partition coefficient (Wildman–Crippen LogP) is 2.03. The van der Waals surface area contributed by atoms with Crippen LogP contribution in [0.2, 0.25) is 0 Å². The molecule has 1 amide bonds. The maximum absolute atomic E-state index is 12.8. The minimum absolute atomic E-state index is 0.118. The van der Waals surface area contributed by atoms with Gasteiger partial charge in [-0.05, 0) is 43.2 Å². The minimum atomic E-state index is -0.310. The fourth-order valence-electron chi connectivity index (χ4n) is 3.56. The highest BCUT2D eigenvalue weighted by Crippen LogP contribution is 2.35. The zero-order valence-corrected chi connectivity index (χ0v) is 14.1. The first kappa shape index (κ1) is 16.7. The lowest BCUT2D eigenvalue weighted by Crippen LogP contribution is -2.48. The van der Waals surface area contributed by atoms with Crippen LogP contribution in [0.3, 0.4) is 0 Å². The molecule has 2 aliphatic rings. The molecular weight excluding hydrogens is 304 g/mol. The van der Waals surface area contributed by atoms with Crippen LogP contribution in [-0.4, -0.2) is 43.1 Å². The van der Waals surface area contributed by atoms with Gasteiger partial charge in [0.2, 0.25) is 0 Å². The van der Waals surface area contributed by atoms with Gasteiger partial charge in [0.1, 0.15) is 6.17 Å². The molecule has 1 aliphatic heterocycles. The van der Waals surface area contributed by atoms with Gasteiger partial charge in [-0.25, -0.2) is 0 Å². The highest BCUT2D eigenvalue weighted by molar-refractivity contribution is 5.98. The van der Waals surface area contributed by atoms with Crippen molar-refractivity contribution in [3.8, 4) is 0 Å². The van der Waals surface area contributed by atoms with Crippen LogP contribution >= 0.6 is 0 Å². The highest BCUT2D eigenvalue weighted by atomic mass is 16.5. The van der Waals surface area contributed by atoms with E-state index in [2.05, 4.69) is 17.4 Å². The van der Waals surface area contributed by atoms with Gasteiger partial charge in [0.15, 0.2) is 0 Å². The number of nitrogens with zero attached hydrogens (tertiary/aromatic N) is 1. The van der Waals surface area contributed by atoms with Gasteiger partial charge < -0.3 is 9.64 Å². The SMILES string of the molecule is COC(=O)CN[C@H]1C2=C(CCCC2)C(=O)N1CCc1ccccc1. The number of hydrogen-bond acceptors (Lipinski definition) is 4. The smallest absolute Gasteiger partial charge is 0.319 e. The molecule has 0 bridgehead atoms. The van der Waals surface area contributed by atoms with E-state index in [0.717, 1.165) is 37.7 Å². The number of carbonyl (C=O) groups is 2. The van der Waals surface area contributed by atoms with E-state index in [4.69, 9.17) is 4.74 Å². The fraction of sp³-hybridized carbons (Fsp3) is 0.474. The maximum Gasteiger partial charge on any atom is 0.319 e. The Balaban J connectivity index is 1.72. The molecule has 3 rings (SSSR count). The minimum Gasteiger partial charge on any atom is -0.468 e. The van der Waals surface area contributed by atoms with Gasteiger partial charge in [-0.15, -0.1) is 0 Å². The van der Waals surface area contributed by atoms with E-state index in [-0.39, 0.29) is 24.6 Å². The summed E-state index contributed by atoms with van der Waals surface area (Å²) in [5.41, 5.74) is 3.33. The topological polar surface area (TPSA) is 58.6 Å². The molecule has 1 atom stereocenters. The zero-order chi connectivity index (χ0) is 16.9. The van der Waals surface area contributed by atoms with Gasteiger partial charge >= 0.3 is 5.97 Å². The molecule has 0 fully saturated rings. The lowest BCUT2D eigenvalue weighted by Gasteiger charge is -2.28. The van der Waals surface area contributed by atoms with Crippen LogP contribution in [0.4, 0.5) is 0 Å². The van der Waals surface area contributed by atoms with Crippen LogP contribution in [0.25, 0.3) is 0 Å². The summed E-state index contributed by atoms with van der Waals surface area (Å²) in [5, 5.41) is 3.22. The monoisotopic (exact) mass is 328 g/mol. The Labute approximate surface area is 142 Å². The molecule has 1 aliphatic carbocycles. The van der Waals surface area contributed by atoms with E-state index in [1.165, 1.54) is 18.2 Å². The molecule has 5 nitrogen and oxygen atoms in total. The lowest BCUT2D eigenvalue weighted by atomic mass is 9.92. The molecule has 5 heteroatoms. The second-order valence-corrected chi connectivity index (χ2v) is 6.30. The zero-order valence-electron chi connectivity index (χ0n) is 14.1. The molecule has 1 N–H and O–H groups in total. The molecule has 0 aromatic heterocycles. The van der Waals surface area contributed by atoms with Crippen molar-refractivity contribution >= 4 is 11.9 Å². The Bertz CT molecular complexity index is 639. The Morgan fingerprint density at radius 2 is 2.00 bits per heavy atom. The summed E-state index contributed by atoms with van der Waals surface area (Å²) in [5.74, 6) is -0.182. The molecule has 0 saturated carbocycles. The Morgan fingerprint density at radius 3 is 2.75 bits per heavy atom. The molecule has 24 heavy (non-hydrogen) atoms. The first-order valence-electron chi connectivity index (χ1n) is 8.57. The normalized spacial score (nSPS) is 20.3. The van der Waals surface area contributed by atoms with Crippen molar-refractivity contribution in [1.82, 2.24) is 10.2 Å². The number of carbonyl (C=O) groups excluding carboxylic acids is 2. The van der Waals surface area contributed by atoms with Crippen LogP contribution in [0, 0.1) is 0 Å². The molecule has 0 unspecified atom stereocenters. The van der Waals surface area contributed by atoms with E-state index >= 15 is 0 Å². The van der Waals surface area contributed by atoms with Crippen LogP contribution in [0.1, 0.15) is 31.2 Å². The van der Waals surface area contributed by atoms with Gasteiger partial charge in [-0.1, -0.05) is 30.3 Å². The van der Waals surface area contributed by atoms with Crippen molar-refractivity contribution < 1.29 is 14.3 Å². The number of hydrogen-bond donors (Lipinski definition) is 1. The predicted molar refractivity (Wildman–Crippen MR) is 91.2 cm³/mol. The summed E-state index contributed by atoms with van der Waals surface area (Å²) in [4.78, 5) is 26.2. The Kier molecular flexibility index (Phi) is 5.30. The van der Waals surface area contributed by atoms with Crippen molar-refractivity contribution in [3.05, 3.63) is 47.0 Å². The van der Waals surface area contributed by atoms with Crippen LogP contribution in [-0.2, 0) is 20.7 Å². The van der Waals surface area contributed by atoms with Gasteiger partial charge in [-0.2, -0.15) is 0 Å². The Hall–Kier alpha value is -2.14. The number of esters is 1. The number of benzene rings is 1. The van der Waals surface area contributed by atoms with Gasteiger partial charge in [-0.3, -0.25) is 14.9 Å². The van der Waals surface area contributed by atoms with Crippen molar-refractivity contribution in [1.29, 1.82) is 0 Å². The van der Waals surface area contributed by atoms with Crippen molar-refractivity contribution in [2.24, 2.45) is 0 Å². The van der Waals surface area contributed by atoms with Crippen LogP contribution in [0.15, 0.2) is 41.5 Å². The van der Waals surface area contributed by atoms with E-state index in [1.54, 1.807) is 0 Å². The van der Waals surface area contributed by atoms with Crippen molar-refractivity contribution in [3.63, 3.8) is 0 Å². The largest absolute Gasteiger partial charge is 0.468 e. The average molecular weight is 328 g/mol. The summed E-state index contributed by atoms with van der Waals surface area (Å²) >= 11 is 0. The quantitative estimate of drug-likeness (QED) is 0.812. The molecule has 0 saturated heterocycles. The first-order chi connectivity index (χ1) is 11.7. The third-order valence-electron chi connectivity index (χ3n) is 4.82. The number of rotatable bonds is 6. The van der Waals surface area contributed by atoms with Crippen LogP contribution in [0.5, 0.6) is 0 Å². The summed E-state index contributed by atoms with van der Waals surface area (Å²) in [6.07, 6.45) is 4.60. The molecule has 1 aromatic carbocycles. The molecule has 1 heterocycles. The van der Waals surface area contributed by atoms with Gasteiger partial charge in [0, 0.05) is 12.1 Å². The van der Waals surface area contributed by atoms with Crippen LogP contribution < -0.4 is 5.32 Å². The summed E-state index contributed by atoms with van der Waals surface area (Å²) in [6, 6.07) is 10.2. The number of methoxy groups -OCH3 is 1. The standard InChI is InChI=1S/C19H24N2O3/c1-24-17(22)13-20-18-15-9-5-6-10-16(15)19(23)21(18)12-11-14-7-3-2-4-8-14/h2-4,7-8,18,20H,5-6,9-13H2,1H3/t18-/m1/s1. The van der Waals surface area contributed by atoms with Gasteiger partial charge in [0.25, 0.3) is 5.91 Å². The van der Waals surface area contributed by atoms with Gasteiger partial charge in [0.05, 0.1) is 13.7 Å². The Morgan fingerprint density at radius 1 is 1.25 bits per heavy atom. The second kappa shape index (κ2) is 7.62. The number of amides is 1. The third kappa shape index (κ3) is 3.51. The second-order valence-electron chi connectivity index (χ2n) is 6.30. The molecule has 0 spiro atoms. The average Bonchev–Trinajstić information content (AvgIpc) is 2.90. The number of nitrogens with one attached hydrogen (secondary N) is 1. The molecule has 128 valence electrons. The third-order valence-corrected chi connectivity index (χ3v) is 4.82. The van der Waals surface area contributed by atoms with Crippen molar-refractivity contribution in [2.45, 2.75) is 38.3 Å². The maximum atomic E-state index is 12.8. The fourth-order valence-corrected chi connectivity index (χ4v) is 3.56. The molecule has 1 aromatic rings.